The summed E-state index contributed by atoms with van der Waals surface area (Å²) < 4.78 is 16.7. The van der Waals surface area contributed by atoms with Gasteiger partial charge in [-0.25, -0.2) is 9.18 Å². The molecular weight excluding hydrogens is 359 g/mol. The zero-order chi connectivity index (χ0) is 19.7. The Morgan fingerprint density at radius 2 is 1.96 bits per heavy atom. The molecule has 0 bridgehead atoms. The smallest absolute Gasteiger partial charge is 0.318 e. The normalized spacial score (nSPS) is 18.5. The lowest BCUT2D eigenvalue weighted by molar-refractivity contribution is -0.134. The highest BCUT2D eigenvalue weighted by Crippen LogP contribution is 2.34. The van der Waals surface area contributed by atoms with E-state index < -0.39 is 6.04 Å². The molecule has 1 N–H and O–H groups in total. The maximum Gasteiger partial charge on any atom is 0.318 e. The van der Waals surface area contributed by atoms with Crippen molar-refractivity contribution >= 4 is 11.9 Å². The number of carbonyl (C=O) groups is 2. The molecular formula is C21H25FN4O2. The van der Waals surface area contributed by atoms with Gasteiger partial charge in [0, 0.05) is 43.1 Å². The molecule has 4 rings (SSSR count). The summed E-state index contributed by atoms with van der Waals surface area (Å²) in [6.45, 7) is 3.53. The van der Waals surface area contributed by atoms with Gasteiger partial charge >= 0.3 is 6.03 Å². The maximum absolute atomic E-state index is 14.6. The molecule has 0 unspecified atom stereocenters. The fraction of sp³-hybridized carbons (Fsp3) is 0.429. The van der Waals surface area contributed by atoms with Crippen LogP contribution >= 0.6 is 0 Å². The Hall–Kier alpha value is -2.83. The van der Waals surface area contributed by atoms with Crippen LogP contribution in [-0.2, 0) is 11.3 Å². The highest BCUT2D eigenvalue weighted by Gasteiger charge is 2.38. The molecule has 0 saturated heterocycles. The summed E-state index contributed by atoms with van der Waals surface area (Å²) in [6, 6.07) is 9.85. The number of rotatable bonds is 5. The number of urea groups is 1. The quantitative estimate of drug-likeness (QED) is 0.862. The molecule has 1 aliphatic heterocycles. The van der Waals surface area contributed by atoms with Crippen molar-refractivity contribution in [2.24, 2.45) is 0 Å². The van der Waals surface area contributed by atoms with Crippen molar-refractivity contribution in [1.82, 2.24) is 19.7 Å². The van der Waals surface area contributed by atoms with Crippen LogP contribution in [0.25, 0.3) is 0 Å². The number of carbonyl (C=O) groups excluding carboxylic acids is 2. The van der Waals surface area contributed by atoms with Crippen molar-refractivity contribution in [3.8, 4) is 0 Å². The number of halogens is 1. The predicted molar refractivity (Wildman–Crippen MR) is 103 cm³/mol. The molecule has 1 aromatic heterocycles. The van der Waals surface area contributed by atoms with Gasteiger partial charge in [0.25, 0.3) is 0 Å². The Balaban J connectivity index is 1.62. The molecule has 0 spiro atoms. The third kappa shape index (κ3) is 3.48. The van der Waals surface area contributed by atoms with Crippen LogP contribution in [0.1, 0.15) is 37.1 Å². The molecule has 148 valence electrons. The van der Waals surface area contributed by atoms with Crippen LogP contribution < -0.4 is 5.32 Å². The van der Waals surface area contributed by atoms with Crippen LogP contribution in [0.4, 0.5) is 9.18 Å². The molecule has 2 aromatic rings. The third-order valence-corrected chi connectivity index (χ3v) is 5.44. The van der Waals surface area contributed by atoms with E-state index in [1.165, 1.54) is 6.07 Å². The molecule has 2 heterocycles. The summed E-state index contributed by atoms with van der Waals surface area (Å²) >= 11 is 0. The van der Waals surface area contributed by atoms with Gasteiger partial charge in [-0.05, 0) is 38.0 Å². The van der Waals surface area contributed by atoms with Gasteiger partial charge in [-0.3, -0.25) is 4.79 Å². The maximum atomic E-state index is 14.6. The summed E-state index contributed by atoms with van der Waals surface area (Å²) in [5, 5.41) is 2.79. The van der Waals surface area contributed by atoms with E-state index in [9.17, 15) is 14.0 Å². The number of fused-ring (bicyclic) bond motifs is 1. The number of nitrogens with zero attached hydrogens (tertiary/aromatic N) is 3. The Bertz CT molecular complexity index is 877. The number of hydrogen-bond acceptors (Lipinski definition) is 2. The van der Waals surface area contributed by atoms with Crippen LogP contribution in [0.3, 0.4) is 0 Å². The van der Waals surface area contributed by atoms with Crippen molar-refractivity contribution in [2.75, 3.05) is 19.6 Å². The van der Waals surface area contributed by atoms with E-state index in [0.29, 0.717) is 25.2 Å². The van der Waals surface area contributed by atoms with Gasteiger partial charge in [-0.1, -0.05) is 18.2 Å². The second-order valence-electron chi connectivity index (χ2n) is 7.33. The number of benzene rings is 1. The monoisotopic (exact) mass is 384 g/mol. The van der Waals surface area contributed by atoms with Crippen molar-refractivity contribution in [3.05, 3.63) is 59.7 Å². The second-order valence-corrected chi connectivity index (χ2v) is 7.33. The standard InChI is InChI=1S/C21H25FN4O2/c1-2-23-21(28)26(15-9-10-15)14-19(27)25-13-12-24-11-5-8-18(24)20(25)16-6-3-4-7-17(16)22/h3-8,11,15,20H,2,9-10,12-14H2,1H3,(H,23,28)/t20-/m0/s1. The molecule has 1 atom stereocenters. The number of nitrogens with one attached hydrogen (secondary N) is 1. The average Bonchev–Trinajstić information content (AvgIpc) is 3.41. The topological polar surface area (TPSA) is 57.6 Å². The molecule has 7 heteroatoms. The summed E-state index contributed by atoms with van der Waals surface area (Å²) in [6.07, 6.45) is 3.80. The van der Waals surface area contributed by atoms with E-state index in [0.717, 1.165) is 18.5 Å². The molecule has 3 amide bonds. The Kier molecular flexibility index (Phi) is 5.07. The van der Waals surface area contributed by atoms with Gasteiger partial charge in [0.15, 0.2) is 0 Å². The zero-order valence-electron chi connectivity index (χ0n) is 16.0. The van der Waals surface area contributed by atoms with Crippen LogP contribution in [-0.4, -0.2) is 52.0 Å². The fourth-order valence-electron chi connectivity index (χ4n) is 3.92. The minimum absolute atomic E-state index is 0.0160. The minimum atomic E-state index is -0.493. The van der Waals surface area contributed by atoms with Gasteiger partial charge in [0.2, 0.25) is 5.91 Å². The fourth-order valence-corrected chi connectivity index (χ4v) is 3.92. The first-order chi connectivity index (χ1) is 13.6. The minimum Gasteiger partial charge on any atom is -0.348 e. The van der Waals surface area contributed by atoms with Gasteiger partial charge in [0.05, 0.1) is 0 Å². The molecule has 1 aliphatic carbocycles. The van der Waals surface area contributed by atoms with Crippen LogP contribution in [0, 0.1) is 5.82 Å². The molecule has 28 heavy (non-hydrogen) atoms. The second kappa shape index (κ2) is 7.66. The largest absolute Gasteiger partial charge is 0.348 e. The van der Waals surface area contributed by atoms with Crippen molar-refractivity contribution in [1.29, 1.82) is 0 Å². The number of amides is 3. The van der Waals surface area contributed by atoms with Gasteiger partial charge in [-0.15, -0.1) is 0 Å². The lowest BCUT2D eigenvalue weighted by atomic mass is 9.99. The van der Waals surface area contributed by atoms with Gasteiger partial charge in [-0.2, -0.15) is 0 Å². The van der Waals surface area contributed by atoms with Crippen LogP contribution in [0.2, 0.25) is 0 Å². The first-order valence-electron chi connectivity index (χ1n) is 9.83. The molecule has 0 radical (unpaired) electrons. The Morgan fingerprint density at radius 1 is 1.18 bits per heavy atom. The average molecular weight is 384 g/mol. The molecule has 1 saturated carbocycles. The van der Waals surface area contributed by atoms with Crippen molar-refractivity contribution in [3.63, 3.8) is 0 Å². The zero-order valence-corrected chi connectivity index (χ0v) is 16.0. The van der Waals surface area contributed by atoms with Crippen molar-refractivity contribution < 1.29 is 14.0 Å². The van der Waals surface area contributed by atoms with Crippen LogP contribution in [0.5, 0.6) is 0 Å². The Labute approximate surface area is 163 Å². The van der Waals surface area contributed by atoms with E-state index >= 15 is 0 Å². The predicted octanol–water partition coefficient (Wildman–Crippen LogP) is 2.75. The first-order valence-corrected chi connectivity index (χ1v) is 9.83. The lowest BCUT2D eigenvalue weighted by Crippen LogP contribution is -2.50. The summed E-state index contributed by atoms with van der Waals surface area (Å²) in [7, 11) is 0. The summed E-state index contributed by atoms with van der Waals surface area (Å²) in [5.74, 6) is -0.485. The highest BCUT2D eigenvalue weighted by atomic mass is 19.1. The summed E-state index contributed by atoms with van der Waals surface area (Å²) in [4.78, 5) is 29.0. The number of aromatic nitrogens is 1. The lowest BCUT2D eigenvalue weighted by Gasteiger charge is -2.38. The van der Waals surface area contributed by atoms with E-state index in [1.807, 2.05) is 25.3 Å². The van der Waals surface area contributed by atoms with Crippen LogP contribution in [0.15, 0.2) is 42.6 Å². The van der Waals surface area contributed by atoms with Gasteiger partial charge < -0.3 is 19.7 Å². The third-order valence-electron chi connectivity index (χ3n) is 5.44. The Morgan fingerprint density at radius 3 is 2.68 bits per heavy atom. The highest BCUT2D eigenvalue weighted by molar-refractivity contribution is 5.85. The van der Waals surface area contributed by atoms with Crippen molar-refractivity contribution in [2.45, 2.75) is 38.4 Å². The van der Waals surface area contributed by atoms with E-state index in [-0.39, 0.29) is 30.3 Å². The van der Waals surface area contributed by atoms with E-state index in [1.54, 1.807) is 28.0 Å². The number of hydrogen-bond donors (Lipinski definition) is 1. The summed E-state index contributed by atoms with van der Waals surface area (Å²) in [5.41, 5.74) is 1.37. The molecule has 1 fully saturated rings. The first kappa shape index (κ1) is 18.5. The SMILES string of the molecule is CCNC(=O)N(CC(=O)N1CCn2cccc2[C@@H]1c1ccccc1F)C1CC1. The molecule has 1 aromatic carbocycles. The molecule has 6 nitrogen and oxygen atoms in total. The van der Waals surface area contributed by atoms with E-state index in [4.69, 9.17) is 0 Å². The van der Waals surface area contributed by atoms with E-state index in [2.05, 4.69) is 9.88 Å². The molecule has 2 aliphatic rings. The van der Waals surface area contributed by atoms with Gasteiger partial charge in [0.1, 0.15) is 18.4 Å².